The van der Waals surface area contributed by atoms with Crippen molar-refractivity contribution in [3.8, 4) is 0 Å². The lowest BCUT2D eigenvalue weighted by Gasteiger charge is -2.37. The number of hydrogen-bond acceptors (Lipinski definition) is 3. The third kappa shape index (κ3) is 2.95. The molecule has 1 aliphatic carbocycles. The van der Waals surface area contributed by atoms with Crippen LogP contribution in [-0.2, 0) is 4.79 Å². The number of hydrogen-bond donors (Lipinski definition) is 3. The summed E-state index contributed by atoms with van der Waals surface area (Å²) in [6, 6.07) is 5.01. The van der Waals surface area contributed by atoms with E-state index < -0.39 is 0 Å². The molecule has 2 amide bonds. The highest BCUT2D eigenvalue weighted by Gasteiger charge is 2.49. The third-order valence-corrected chi connectivity index (χ3v) is 5.50. The molecule has 1 saturated carbocycles. The molecule has 1 heterocycles. The van der Waals surface area contributed by atoms with E-state index in [0.29, 0.717) is 22.2 Å². The van der Waals surface area contributed by atoms with E-state index in [1.54, 1.807) is 25.2 Å². The van der Waals surface area contributed by atoms with Crippen molar-refractivity contribution in [2.75, 3.05) is 25.5 Å². The zero-order chi connectivity index (χ0) is 16.4. The number of anilines is 1. The van der Waals surface area contributed by atoms with Crippen LogP contribution in [-0.4, -0.2) is 32.0 Å². The lowest BCUT2D eigenvalue weighted by atomic mass is 9.67. The van der Waals surface area contributed by atoms with E-state index in [0.717, 1.165) is 32.4 Å². The number of benzene rings is 1. The SMILES string of the molecule is CNC(=O)c1ccc(NC(=O)[C@@]23CCCC[C@H]2CNC3)cc1Cl. The van der Waals surface area contributed by atoms with Gasteiger partial charge in [0.2, 0.25) is 5.91 Å². The molecule has 0 bridgehead atoms. The summed E-state index contributed by atoms with van der Waals surface area (Å²) in [7, 11) is 1.56. The van der Waals surface area contributed by atoms with Gasteiger partial charge in [-0.2, -0.15) is 0 Å². The zero-order valence-corrected chi connectivity index (χ0v) is 14.0. The topological polar surface area (TPSA) is 70.2 Å². The molecule has 3 rings (SSSR count). The Kier molecular flexibility index (Phi) is 4.60. The molecule has 124 valence electrons. The first-order valence-corrected chi connectivity index (χ1v) is 8.48. The van der Waals surface area contributed by atoms with Gasteiger partial charge in [-0.1, -0.05) is 24.4 Å². The van der Waals surface area contributed by atoms with Gasteiger partial charge in [0.05, 0.1) is 16.0 Å². The quantitative estimate of drug-likeness (QED) is 0.794. The fourth-order valence-corrected chi connectivity index (χ4v) is 4.12. The van der Waals surface area contributed by atoms with Crippen LogP contribution in [0.4, 0.5) is 5.69 Å². The van der Waals surface area contributed by atoms with Crippen molar-refractivity contribution in [1.29, 1.82) is 0 Å². The molecule has 0 unspecified atom stereocenters. The number of carbonyl (C=O) groups is 2. The summed E-state index contributed by atoms with van der Waals surface area (Å²) in [5.41, 5.74) is 0.742. The Bertz CT molecular complexity index is 634. The minimum atomic E-state index is -0.301. The summed E-state index contributed by atoms with van der Waals surface area (Å²) in [4.78, 5) is 24.6. The molecule has 5 nitrogen and oxygen atoms in total. The van der Waals surface area contributed by atoms with Gasteiger partial charge < -0.3 is 16.0 Å². The molecule has 6 heteroatoms. The van der Waals surface area contributed by atoms with Gasteiger partial charge in [-0.15, -0.1) is 0 Å². The van der Waals surface area contributed by atoms with E-state index in [2.05, 4.69) is 16.0 Å². The van der Waals surface area contributed by atoms with Gasteiger partial charge in [-0.05, 0) is 43.5 Å². The van der Waals surface area contributed by atoms with E-state index >= 15 is 0 Å². The lowest BCUT2D eigenvalue weighted by molar-refractivity contribution is -0.128. The average Bonchev–Trinajstić information content (AvgIpc) is 2.99. The summed E-state index contributed by atoms with van der Waals surface area (Å²) in [6.45, 7) is 1.66. The van der Waals surface area contributed by atoms with Gasteiger partial charge in [-0.3, -0.25) is 9.59 Å². The number of carbonyl (C=O) groups excluding carboxylic acids is 2. The molecule has 0 aromatic heterocycles. The second-order valence-electron chi connectivity index (χ2n) is 6.46. The maximum absolute atomic E-state index is 12.9. The van der Waals surface area contributed by atoms with Gasteiger partial charge in [0.25, 0.3) is 5.91 Å². The second kappa shape index (κ2) is 6.49. The minimum absolute atomic E-state index is 0.0657. The molecule has 1 aromatic rings. The van der Waals surface area contributed by atoms with Gasteiger partial charge in [-0.25, -0.2) is 0 Å². The van der Waals surface area contributed by atoms with Crippen molar-refractivity contribution in [2.24, 2.45) is 11.3 Å². The molecular weight excluding hydrogens is 314 g/mol. The Morgan fingerprint density at radius 3 is 2.91 bits per heavy atom. The van der Waals surface area contributed by atoms with Crippen LogP contribution in [0.1, 0.15) is 36.0 Å². The van der Waals surface area contributed by atoms with E-state index in [1.807, 2.05) is 0 Å². The maximum Gasteiger partial charge on any atom is 0.252 e. The van der Waals surface area contributed by atoms with E-state index in [4.69, 9.17) is 11.6 Å². The van der Waals surface area contributed by atoms with Crippen LogP contribution in [0.25, 0.3) is 0 Å². The summed E-state index contributed by atoms with van der Waals surface area (Å²) in [5.74, 6) is 0.242. The van der Waals surface area contributed by atoms with Crippen LogP contribution in [0.3, 0.4) is 0 Å². The molecular formula is C17H22ClN3O2. The molecule has 2 fully saturated rings. The van der Waals surface area contributed by atoms with Crippen LogP contribution in [0.5, 0.6) is 0 Å². The Morgan fingerprint density at radius 2 is 2.17 bits per heavy atom. The molecule has 3 N–H and O–H groups in total. The molecule has 1 aliphatic heterocycles. The Morgan fingerprint density at radius 1 is 1.35 bits per heavy atom. The van der Waals surface area contributed by atoms with Gasteiger partial charge >= 0.3 is 0 Å². The van der Waals surface area contributed by atoms with Gasteiger partial charge in [0.15, 0.2) is 0 Å². The molecule has 2 atom stereocenters. The highest BCUT2D eigenvalue weighted by Crippen LogP contribution is 2.44. The number of fused-ring (bicyclic) bond motifs is 1. The van der Waals surface area contributed by atoms with Crippen molar-refractivity contribution in [2.45, 2.75) is 25.7 Å². The van der Waals surface area contributed by atoms with Crippen molar-refractivity contribution in [1.82, 2.24) is 10.6 Å². The van der Waals surface area contributed by atoms with Crippen molar-refractivity contribution in [3.63, 3.8) is 0 Å². The van der Waals surface area contributed by atoms with E-state index in [-0.39, 0.29) is 17.2 Å². The Labute approximate surface area is 141 Å². The first-order chi connectivity index (χ1) is 11.1. The molecule has 1 aromatic carbocycles. The first-order valence-electron chi connectivity index (χ1n) is 8.10. The molecule has 2 aliphatic rings. The zero-order valence-electron chi connectivity index (χ0n) is 13.2. The summed E-state index contributed by atoms with van der Waals surface area (Å²) < 4.78 is 0. The van der Waals surface area contributed by atoms with Crippen LogP contribution in [0.15, 0.2) is 18.2 Å². The Balaban J connectivity index is 1.78. The molecule has 23 heavy (non-hydrogen) atoms. The minimum Gasteiger partial charge on any atom is -0.355 e. The molecule has 1 saturated heterocycles. The fourth-order valence-electron chi connectivity index (χ4n) is 3.86. The van der Waals surface area contributed by atoms with Crippen LogP contribution in [0, 0.1) is 11.3 Å². The summed E-state index contributed by atoms with van der Waals surface area (Å²) in [5, 5.41) is 9.26. The normalized spacial score (nSPS) is 26.4. The molecule has 0 radical (unpaired) electrons. The predicted molar refractivity (Wildman–Crippen MR) is 90.7 cm³/mol. The third-order valence-electron chi connectivity index (χ3n) is 5.19. The number of halogens is 1. The average molecular weight is 336 g/mol. The fraction of sp³-hybridized carbons (Fsp3) is 0.529. The van der Waals surface area contributed by atoms with Gasteiger partial charge in [0.1, 0.15) is 0 Å². The number of rotatable bonds is 3. The van der Waals surface area contributed by atoms with Crippen molar-refractivity contribution in [3.05, 3.63) is 28.8 Å². The summed E-state index contributed by atoms with van der Waals surface area (Å²) >= 11 is 6.16. The van der Waals surface area contributed by atoms with Crippen molar-refractivity contribution >= 4 is 29.1 Å². The predicted octanol–water partition coefficient (Wildman–Crippen LogP) is 2.42. The summed E-state index contributed by atoms with van der Waals surface area (Å²) in [6.07, 6.45) is 4.34. The number of amides is 2. The maximum atomic E-state index is 12.9. The lowest BCUT2D eigenvalue weighted by Crippen LogP contribution is -2.44. The van der Waals surface area contributed by atoms with Crippen LogP contribution >= 0.6 is 11.6 Å². The highest BCUT2D eigenvalue weighted by atomic mass is 35.5. The van der Waals surface area contributed by atoms with E-state index in [1.165, 1.54) is 6.42 Å². The first kappa shape index (κ1) is 16.3. The van der Waals surface area contributed by atoms with Crippen LogP contribution < -0.4 is 16.0 Å². The Hall–Kier alpha value is -1.59. The van der Waals surface area contributed by atoms with Crippen molar-refractivity contribution < 1.29 is 9.59 Å². The molecule has 0 spiro atoms. The monoisotopic (exact) mass is 335 g/mol. The number of nitrogens with one attached hydrogen (secondary N) is 3. The highest BCUT2D eigenvalue weighted by molar-refractivity contribution is 6.34. The largest absolute Gasteiger partial charge is 0.355 e. The van der Waals surface area contributed by atoms with Crippen LogP contribution in [0.2, 0.25) is 5.02 Å². The van der Waals surface area contributed by atoms with Gasteiger partial charge in [0, 0.05) is 19.3 Å². The standard InChI is InChI=1S/C17H22ClN3O2/c1-19-15(22)13-6-5-12(8-14(13)18)21-16(23)17-7-3-2-4-11(17)9-20-10-17/h5-6,8,11,20H,2-4,7,9-10H2,1H3,(H,19,22)(H,21,23)/t11-,17+/m0/s1. The van der Waals surface area contributed by atoms with E-state index in [9.17, 15) is 9.59 Å². The smallest absolute Gasteiger partial charge is 0.252 e. The second-order valence-corrected chi connectivity index (χ2v) is 6.86.